The maximum absolute atomic E-state index is 12.9. The van der Waals surface area contributed by atoms with Crippen LogP contribution in [0.3, 0.4) is 0 Å². The van der Waals surface area contributed by atoms with Crippen molar-refractivity contribution in [1.82, 2.24) is 19.8 Å². The molecule has 2 aromatic heterocycles. The number of amides is 2. The van der Waals surface area contributed by atoms with Gasteiger partial charge in [0.1, 0.15) is 11.9 Å². The summed E-state index contributed by atoms with van der Waals surface area (Å²) in [6.07, 6.45) is 3.49. The van der Waals surface area contributed by atoms with E-state index in [1.54, 1.807) is 11.0 Å². The molecule has 2 amide bonds. The summed E-state index contributed by atoms with van der Waals surface area (Å²) in [6, 6.07) is 3.43. The zero-order valence-corrected chi connectivity index (χ0v) is 17.5. The number of hydrogen-bond donors (Lipinski definition) is 1. The van der Waals surface area contributed by atoms with E-state index in [0.717, 1.165) is 31.4 Å². The number of hydrogen-bond acceptors (Lipinski definition) is 6. The van der Waals surface area contributed by atoms with Crippen LogP contribution in [0, 0.1) is 0 Å². The van der Waals surface area contributed by atoms with Crippen LogP contribution in [0.15, 0.2) is 22.3 Å². The van der Waals surface area contributed by atoms with Gasteiger partial charge in [0.05, 0.1) is 28.7 Å². The second-order valence-corrected chi connectivity index (χ2v) is 8.97. The van der Waals surface area contributed by atoms with Crippen molar-refractivity contribution in [3.63, 3.8) is 0 Å². The van der Waals surface area contributed by atoms with E-state index in [4.69, 9.17) is 9.72 Å². The average molecular weight is 429 g/mol. The predicted molar refractivity (Wildman–Crippen MR) is 110 cm³/mol. The minimum Gasteiger partial charge on any atom is -0.368 e. The highest BCUT2D eigenvalue weighted by Crippen LogP contribution is 2.32. The van der Waals surface area contributed by atoms with Gasteiger partial charge in [0.25, 0.3) is 17.4 Å². The third-order valence-electron chi connectivity index (χ3n) is 6.16. The Bertz CT molecular complexity index is 1010. The van der Waals surface area contributed by atoms with E-state index in [1.807, 2.05) is 16.3 Å². The third-order valence-corrected chi connectivity index (χ3v) is 7.02. The van der Waals surface area contributed by atoms with E-state index < -0.39 is 0 Å². The number of rotatable bonds is 3. The smallest absolute Gasteiger partial charge is 0.264 e. The zero-order valence-electron chi connectivity index (χ0n) is 16.6. The van der Waals surface area contributed by atoms with Crippen molar-refractivity contribution in [2.75, 3.05) is 19.7 Å². The molecule has 158 valence electrons. The Balaban J connectivity index is 1.37. The number of nitrogens with one attached hydrogen (secondary N) is 1. The van der Waals surface area contributed by atoms with Crippen LogP contribution in [0.5, 0.6) is 0 Å². The minimum atomic E-state index is -0.369. The van der Waals surface area contributed by atoms with Gasteiger partial charge in [-0.25, -0.2) is 4.98 Å². The summed E-state index contributed by atoms with van der Waals surface area (Å²) in [5.41, 5.74) is 1.07. The summed E-state index contributed by atoms with van der Waals surface area (Å²) in [5, 5.41) is 1.87. The number of ether oxygens (including phenoxy) is 1. The molecule has 30 heavy (non-hydrogen) atoms. The number of likely N-dealkylation sites (tertiary alicyclic amines) is 1. The Morgan fingerprint density at radius 2 is 2.13 bits per heavy atom. The van der Waals surface area contributed by atoms with Crippen LogP contribution in [0.1, 0.15) is 58.5 Å². The molecular weight excluding hydrogens is 404 g/mol. The van der Waals surface area contributed by atoms with E-state index in [9.17, 15) is 14.4 Å². The first kappa shape index (κ1) is 19.4. The lowest BCUT2D eigenvalue weighted by Gasteiger charge is -2.29. The SMILES string of the molecule is O=C(c1cccs1)N1CCc2nc([C@@H]3CCCN3C(=O)[C@H]3CCCO3)[nH]c(=O)c2C1. The molecule has 3 aliphatic heterocycles. The topological polar surface area (TPSA) is 95.6 Å². The summed E-state index contributed by atoms with van der Waals surface area (Å²) >= 11 is 1.40. The fraction of sp³-hybridized carbons (Fsp3) is 0.524. The molecule has 2 aromatic rings. The summed E-state index contributed by atoms with van der Waals surface area (Å²) in [4.78, 5) is 50.2. The lowest BCUT2D eigenvalue weighted by atomic mass is 10.1. The molecule has 0 bridgehead atoms. The molecule has 2 atom stereocenters. The summed E-state index contributed by atoms with van der Waals surface area (Å²) in [6.45, 7) is 2.08. The number of thiophene rings is 1. The van der Waals surface area contributed by atoms with Gasteiger partial charge >= 0.3 is 0 Å². The maximum Gasteiger partial charge on any atom is 0.264 e. The first-order valence-electron chi connectivity index (χ1n) is 10.5. The van der Waals surface area contributed by atoms with Crippen LogP contribution in [0.2, 0.25) is 0 Å². The molecule has 5 rings (SSSR count). The number of aromatic nitrogens is 2. The highest BCUT2D eigenvalue weighted by molar-refractivity contribution is 7.12. The van der Waals surface area contributed by atoms with Gasteiger partial charge in [-0.3, -0.25) is 14.4 Å². The van der Waals surface area contributed by atoms with Crippen molar-refractivity contribution in [3.05, 3.63) is 49.8 Å². The molecule has 1 N–H and O–H groups in total. The Labute approximate surface area is 177 Å². The molecule has 0 radical (unpaired) electrons. The number of carbonyl (C=O) groups excluding carboxylic acids is 2. The molecule has 3 aliphatic rings. The second kappa shape index (κ2) is 7.96. The van der Waals surface area contributed by atoms with Crippen LogP contribution in [-0.2, 0) is 22.5 Å². The Morgan fingerprint density at radius 3 is 2.90 bits per heavy atom. The highest BCUT2D eigenvalue weighted by Gasteiger charge is 2.37. The summed E-state index contributed by atoms with van der Waals surface area (Å²) < 4.78 is 5.57. The molecule has 8 nitrogen and oxygen atoms in total. The monoisotopic (exact) mass is 428 g/mol. The molecule has 5 heterocycles. The quantitative estimate of drug-likeness (QED) is 0.805. The van der Waals surface area contributed by atoms with Crippen LogP contribution in [0.4, 0.5) is 0 Å². The van der Waals surface area contributed by atoms with Gasteiger partial charge in [-0.15, -0.1) is 11.3 Å². The largest absolute Gasteiger partial charge is 0.368 e. The number of aromatic amines is 1. The zero-order chi connectivity index (χ0) is 20.7. The van der Waals surface area contributed by atoms with Crippen molar-refractivity contribution < 1.29 is 14.3 Å². The molecule has 9 heteroatoms. The summed E-state index contributed by atoms with van der Waals surface area (Å²) in [7, 11) is 0. The van der Waals surface area contributed by atoms with Crippen LogP contribution in [0.25, 0.3) is 0 Å². The van der Waals surface area contributed by atoms with E-state index in [-0.39, 0.29) is 36.1 Å². The minimum absolute atomic E-state index is 0.00286. The van der Waals surface area contributed by atoms with Gasteiger partial charge < -0.3 is 19.5 Å². The molecule has 0 saturated carbocycles. The van der Waals surface area contributed by atoms with E-state index in [1.165, 1.54) is 11.3 Å². The van der Waals surface area contributed by atoms with E-state index >= 15 is 0 Å². The molecule has 0 aliphatic carbocycles. The first-order chi connectivity index (χ1) is 14.6. The van der Waals surface area contributed by atoms with Gasteiger partial charge in [0.15, 0.2) is 0 Å². The normalized spacial score (nSPS) is 23.6. The molecule has 2 fully saturated rings. The fourth-order valence-electron chi connectivity index (χ4n) is 4.60. The maximum atomic E-state index is 12.9. The lowest BCUT2D eigenvalue weighted by molar-refractivity contribution is -0.142. The van der Waals surface area contributed by atoms with Gasteiger partial charge in [-0.2, -0.15) is 0 Å². The molecule has 0 spiro atoms. The van der Waals surface area contributed by atoms with Crippen molar-refractivity contribution >= 4 is 23.2 Å². The Kier molecular flexibility index (Phi) is 5.16. The van der Waals surface area contributed by atoms with Crippen molar-refractivity contribution in [3.8, 4) is 0 Å². The number of H-pyrrole nitrogens is 1. The summed E-state index contributed by atoms with van der Waals surface area (Å²) in [5.74, 6) is 0.506. The van der Waals surface area contributed by atoms with E-state index in [2.05, 4.69) is 4.98 Å². The number of fused-ring (bicyclic) bond motifs is 1. The molecular formula is C21H24N4O4S. The Morgan fingerprint density at radius 1 is 1.23 bits per heavy atom. The molecule has 0 aromatic carbocycles. The van der Waals surface area contributed by atoms with Crippen LogP contribution in [-0.4, -0.2) is 57.4 Å². The number of nitrogens with zero attached hydrogens (tertiary/aromatic N) is 3. The van der Waals surface area contributed by atoms with Crippen LogP contribution >= 0.6 is 11.3 Å². The van der Waals surface area contributed by atoms with Crippen molar-refractivity contribution in [2.24, 2.45) is 0 Å². The highest BCUT2D eigenvalue weighted by atomic mass is 32.1. The van der Waals surface area contributed by atoms with Gasteiger partial charge in [0, 0.05) is 26.1 Å². The molecule has 2 saturated heterocycles. The van der Waals surface area contributed by atoms with Gasteiger partial charge in [0.2, 0.25) is 0 Å². The first-order valence-corrected chi connectivity index (χ1v) is 11.4. The third kappa shape index (κ3) is 3.45. The van der Waals surface area contributed by atoms with Crippen molar-refractivity contribution in [2.45, 2.75) is 50.8 Å². The van der Waals surface area contributed by atoms with E-state index in [0.29, 0.717) is 42.4 Å². The standard InChI is InChI=1S/C21H24N4O4S/c26-19-13-12-24(21(28)17-6-3-11-30-17)9-7-14(13)22-18(23-19)15-4-1-8-25(15)20(27)16-5-2-10-29-16/h3,6,11,15-16H,1-2,4-5,7-10,12H2,(H,22,23,26)/t15-,16+/m0/s1. The lowest BCUT2D eigenvalue weighted by Crippen LogP contribution is -2.41. The second-order valence-electron chi connectivity index (χ2n) is 8.02. The fourth-order valence-corrected chi connectivity index (χ4v) is 5.29. The Hall–Kier alpha value is -2.52. The number of carbonyl (C=O) groups is 2. The van der Waals surface area contributed by atoms with Crippen molar-refractivity contribution in [1.29, 1.82) is 0 Å². The molecule has 0 unspecified atom stereocenters. The average Bonchev–Trinajstić information content (AvgIpc) is 3.54. The van der Waals surface area contributed by atoms with Crippen LogP contribution < -0.4 is 5.56 Å². The predicted octanol–water partition coefficient (Wildman–Crippen LogP) is 1.87. The van der Waals surface area contributed by atoms with Gasteiger partial charge in [-0.05, 0) is 37.1 Å². The van der Waals surface area contributed by atoms with Gasteiger partial charge in [-0.1, -0.05) is 6.07 Å².